The van der Waals surface area contributed by atoms with Crippen LogP contribution in [0.4, 0.5) is 11.4 Å². The minimum atomic E-state index is -0.731. The summed E-state index contributed by atoms with van der Waals surface area (Å²) in [4.78, 5) is 29.8. The van der Waals surface area contributed by atoms with E-state index < -0.39 is 6.04 Å². The van der Waals surface area contributed by atoms with Crippen molar-refractivity contribution in [2.24, 2.45) is 0 Å². The van der Waals surface area contributed by atoms with E-state index in [1.54, 1.807) is 38.5 Å². The van der Waals surface area contributed by atoms with Crippen LogP contribution in [0.2, 0.25) is 5.02 Å². The van der Waals surface area contributed by atoms with E-state index in [4.69, 9.17) is 33.3 Å². The zero-order valence-corrected chi connectivity index (χ0v) is 21.5. The van der Waals surface area contributed by atoms with Crippen molar-refractivity contribution >= 4 is 52.1 Å². The average Bonchev–Trinajstić information content (AvgIpc) is 3.12. The molecule has 1 atom stereocenters. The Kier molecular flexibility index (Phi) is 8.07. The number of benzene rings is 3. The number of rotatable bonds is 9. The van der Waals surface area contributed by atoms with E-state index in [1.165, 1.54) is 4.90 Å². The first-order valence-electron chi connectivity index (χ1n) is 11.4. The molecule has 1 aliphatic rings. The summed E-state index contributed by atoms with van der Waals surface area (Å²) >= 11 is 11.7. The predicted molar refractivity (Wildman–Crippen MR) is 145 cm³/mol. The molecule has 0 aromatic heterocycles. The van der Waals surface area contributed by atoms with Gasteiger partial charge >= 0.3 is 0 Å². The molecule has 1 saturated heterocycles. The highest BCUT2D eigenvalue weighted by atomic mass is 35.5. The molecule has 36 heavy (non-hydrogen) atoms. The van der Waals surface area contributed by atoms with Crippen molar-refractivity contribution in [1.82, 2.24) is 4.90 Å². The number of hydrogen-bond donors (Lipinski definition) is 1. The summed E-state index contributed by atoms with van der Waals surface area (Å²) in [7, 11) is 3.17. The van der Waals surface area contributed by atoms with Crippen LogP contribution in [0.15, 0.2) is 72.8 Å². The van der Waals surface area contributed by atoms with Gasteiger partial charge in [-0.25, -0.2) is 0 Å². The number of hydrogen-bond acceptors (Lipinski definition) is 5. The number of carbonyl (C=O) groups is 2. The standard InChI is InChI=1S/C27H26ClN3O4S/c1-34-23-13-8-18(16-24(23)35-2)14-15-30-22(17-25(32)29-20-11-9-19(28)10-12-20)26(33)31(27(30)36)21-6-4-3-5-7-21/h3-13,16,22H,14-15,17H2,1-2H3,(H,29,32). The maximum Gasteiger partial charge on any atom is 0.256 e. The number of nitrogens with zero attached hydrogens (tertiary/aromatic N) is 2. The summed E-state index contributed by atoms with van der Waals surface area (Å²) in [6, 6.07) is 21.0. The number of nitrogens with one attached hydrogen (secondary N) is 1. The molecule has 0 saturated carbocycles. The zero-order valence-electron chi connectivity index (χ0n) is 19.9. The fourth-order valence-electron chi connectivity index (χ4n) is 4.11. The molecule has 0 spiro atoms. The maximum absolute atomic E-state index is 13.5. The highest BCUT2D eigenvalue weighted by molar-refractivity contribution is 7.80. The Labute approximate surface area is 220 Å². The van der Waals surface area contributed by atoms with Gasteiger partial charge in [-0.15, -0.1) is 0 Å². The number of halogens is 1. The largest absolute Gasteiger partial charge is 0.493 e. The van der Waals surface area contributed by atoms with Gasteiger partial charge in [-0.1, -0.05) is 35.9 Å². The van der Waals surface area contributed by atoms with E-state index in [1.807, 2.05) is 53.4 Å². The van der Waals surface area contributed by atoms with Gasteiger partial charge in [0, 0.05) is 17.3 Å². The van der Waals surface area contributed by atoms with Gasteiger partial charge in [0.2, 0.25) is 5.91 Å². The van der Waals surface area contributed by atoms with Crippen LogP contribution in [0.3, 0.4) is 0 Å². The second-order valence-corrected chi connectivity index (χ2v) is 9.00. The number of methoxy groups -OCH3 is 2. The van der Waals surface area contributed by atoms with Gasteiger partial charge in [0.15, 0.2) is 16.6 Å². The molecule has 1 heterocycles. The minimum Gasteiger partial charge on any atom is -0.493 e. The van der Waals surface area contributed by atoms with Crippen LogP contribution < -0.4 is 19.7 Å². The molecule has 1 aliphatic heterocycles. The number of ether oxygens (including phenoxy) is 2. The van der Waals surface area contributed by atoms with E-state index in [-0.39, 0.29) is 18.2 Å². The smallest absolute Gasteiger partial charge is 0.256 e. The number of carbonyl (C=O) groups excluding carboxylic acids is 2. The molecule has 1 fully saturated rings. The first kappa shape index (κ1) is 25.5. The number of thiocarbonyl (C=S) groups is 1. The monoisotopic (exact) mass is 523 g/mol. The van der Waals surface area contributed by atoms with Gasteiger partial charge in [0.25, 0.3) is 5.91 Å². The molecule has 4 rings (SSSR count). The molecule has 3 aromatic rings. The molecule has 2 amide bonds. The van der Waals surface area contributed by atoms with Gasteiger partial charge < -0.3 is 19.7 Å². The number of para-hydroxylation sites is 1. The summed E-state index contributed by atoms with van der Waals surface area (Å²) in [5.41, 5.74) is 2.27. The van der Waals surface area contributed by atoms with Gasteiger partial charge in [-0.3, -0.25) is 14.5 Å². The fraction of sp³-hybridized carbons (Fsp3) is 0.222. The summed E-state index contributed by atoms with van der Waals surface area (Å²) < 4.78 is 10.7. The molecule has 3 aromatic carbocycles. The Balaban J connectivity index is 1.55. The molecule has 1 unspecified atom stereocenters. The Hall–Kier alpha value is -3.62. The van der Waals surface area contributed by atoms with Crippen LogP contribution in [0.25, 0.3) is 0 Å². The lowest BCUT2D eigenvalue weighted by Gasteiger charge is -2.24. The lowest BCUT2D eigenvalue weighted by Crippen LogP contribution is -2.39. The van der Waals surface area contributed by atoms with Crippen molar-refractivity contribution in [2.75, 3.05) is 31.0 Å². The number of amides is 2. The van der Waals surface area contributed by atoms with Crippen LogP contribution in [-0.2, 0) is 16.0 Å². The zero-order chi connectivity index (χ0) is 25.7. The molecule has 0 radical (unpaired) electrons. The van der Waals surface area contributed by atoms with Crippen LogP contribution in [0, 0.1) is 0 Å². The molecule has 186 valence electrons. The van der Waals surface area contributed by atoms with E-state index in [0.717, 1.165) is 5.56 Å². The highest BCUT2D eigenvalue weighted by Crippen LogP contribution is 2.30. The second kappa shape index (κ2) is 11.4. The van der Waals surface area contributed by atoms with Crippen molar-refractivity contribution < 1.29 is 19.1 Å². The summed E-state index contributed by atoms with van der Waals surface area (Å²) in [5.74, 6) is 0.745. The minimum absolute atomic E-state index is 0.0448. The van der Waals surface area contributed by atoms with Crippen LogP contribution in [0.5, 0.6) is 11.5 Å². The van der Waals surface area contributed by atoms with E-state index in [9.17, 15) is 9.59 Å². The number of anilines is 2. The molecular weight excluding hydrogens is 498 g/mol. The van der Waals surface area contributed by atoms with E-state index >= 15 is 0 Å². The first-order chi connectivity index (χ1) is 17.4. The lowest BCUT2D eigenvalue weighted by molar-refractivity contribution is -0.124. The molecular formula is C27H26ClN3O4S. The Morgan fingerprint density at radius 3 is 2.36 bits per heavy atom. The average molecular weight is 524 g/mol. The first-order valence-corrected chi connectivity index (χ1v) is 12.2. The molecule has 0 bridgehead atoms. The maximum atomic E-state index is 13.5. The van der Waals surface area contributed by atoms with Crippen molar-refractivity contribution in [3.8, 4) is 11.5 Å². The Morgan fingerprint density at radius 2 is 1.69 bits per heavy atom. The van der Waals surface area contributed by atoms with E-state index in [0.29, 0.717) is 46.0 Å². The molecule has 7 nitrogen and oxygen atoms in total. The highest BCUT2D eigenvalue weighted by Gasteiger charge is 2.43. The summed E-state index contributed by atoms with van der Waals surface area (Å²) in [6.45, 7) is 0.447. The van der Waals surface area contributed by atoms with Crippen LogP contribution >= 0.6 is 23.8 Å². The predicted octanol–water partition coefficient (Wildman–Crippen LogP) is 4.93. The lowest BCUT2D eigenvalue weighted by atomic mass is 10.1. The third-order valence-electron chi connectivity index (χ3n) is 5.93. The van der Waals surface area contributed by atoms with Crippen molar-refractivity contribution in [3.63, 3.8) is 0 Å². The topological polar surface area (TPSA) is 71.1 Å². The second-order valence-electron chi connectivity index (χ2n) is 8.20. The SMILES string of the molecule is COc1ccc(CCN2C(=S)N(c3ccccc3)C(=O)C2CC(=O)Nc2ccc(Cl)cc2)cc1OC. The Bertz CT molecular complexity index is 1250. The normalized spacial score (nSPS) is 15.2. The van der Waals surface area contributed by atoms with E-state index in [2.05, 4.69) is 5.32 Å². The summed E-state index contributed by atoms with van der Waals surface area (Å²) in [5, 5.41) is 3.78. The van der Waals surface area contributed by atoms with Gasteiger partial charge in [0.1, 0.15) is 6.04 Å². The molecule has 1 N–H and O–H groups in total. The fourth-order valence-corrected chi connectivity index (χ4v) is 4.65. The third-order valence-corrected chi connectivity index (χ3v) is 6.60. The Morgan fingerprint density at radius 1 is 1.00 bits per heavy atom. The summed E-state index contributed by atoms with van der Waals surface area (Å²) in [6.07, 6.45) is 0.544. The molecule has 9 heteroatoms. The third kappa shape index (κ3) is 5.61. The van der Waals surface area contributed by atoms with Crippen LogP contribution in [0.1, 0.15) is 12.0 Å². The van der Waals surface area contributed by atoms with Crippen molar-refractivity contribution in [3.05, 3.63) is 83.4 Å². The quantitative estimate of drug-likeness (QED) is 0.401. The molecule has 0 aliphatic carbocycles. The van der Waals surface area contributed by atoms with Gasteiger partial charge in [-0.2, -0.15) is 0 Å². The van der Waals surface area contributed by atoms with Crippen LogP contribution in [-0.4, -0.2) is 48.6 Å². The van der Waals surface area contributed by atoms with Gasteiger partial charge in [0.05, 0.1) is 26.3 Å². The van der Waals surface area contributed by atoms with Gasteiger partial charge in [-0.05, 0) is 72.7 Å². The van der Waals surface area contributed by atoms with Crippen molar-refractivity contribution in [1.29, 1.82) is 0 Å². The van der Waals surface area contributed by atoms with Crippen molar-refractivity contribution in [2.45, 2.75) is 18.9 Å².